The number of piperazine rings is 1. The van der Waals surface area contributed by atoms with Gasteiger partial charge in [0.25, 0.3) is 5.91 Å². The molecule has 2 amide bonds. The van der Waals surface area contributed by atoms with Crippen LogP contribution in [-0.4, -0.2) is 66.1 Å². The number of rotatable bonds is 4. The molecule has 1 aliphatic carbocycles. The van der Waals surface area contributed by atoms with Crippen LogP contribution in [-0.2, 0) is 14.6 Å². The standard InChI is InChI=1S/C23H29N3O5S/c1-16-6-7-17(2)20(14-16)32(29,30)23(8-4-5-9-23)22(28)26-12-10-25(11-13-26)21(27)19-15-18(3)24-31-19/h6-7,14-15H,4-5,8-13H2,1-3H3. The number of benzene rings is 1. The van der Waals surface area contributed by atoms with Crippen molar-refractivity contribution in [2.75, 3.05) is 26.2 Å². The fraction of sp³-hybridized carbons (Fsp3) is 0.522. The predicted molar refractivity (Wildman–Crippen MR) is 118 cm³/mol. The van der Waals surface area contributed by atoms with Crippen molar-refractivity contribution in [2.45, 2.75) is 56.1 Å². The molecule has 1 saturated carbocycles. The zero-order valence-corrected chi connectivity index (χ0v) is 19.6. The van der Waals surface area contributed by atoms with Gasteiger partial charge < -0.3 is 14.3 Å². The minimum absolute atomic E-state index is 0.173. The second-order valence-corrected chi connectivity index (χ2v) is 11.1. The van der Waals surface area contributed by atoms with E-state index in [-0.39, 0.29) is 22.5 Å². The molecule has 0 N–H and O–H groups in total. The number of amides is 2. The van der Waals surface area contributed by atoms with Gasteiger partial charge in [-0.3, -0.25) is 9.59 Å². The first-order valence-corrected chi connectivity index (χ1v) is 12.5. The number of carbonyl (C=O) groups excluding carboxylic acids is 2. The first-order valence-electron chi connectivity index (χ1n) is 11.0. The topological polar surface area (TPSA) is 101 Å². The summed E-state index contributed by atoms with van der Waals surface area (Å²) in [6.45, 7) is 6.61. The Hall–Kier alpha value is -2.68. The van der Waals surface area contributed by atoms with E-state index in [1.807, 2.05) is 13.0 Å². The van der Waals surface area contributed by atoms with Crippen molar-refractivity contribution in [3.63, 3.8) is 0 Å². The monoisotopic (exact) mass is 459 g/mol. The molecule has 32 heavy (non-hydrogen) atoms. The summed E-state index contributed by atoms with van der Waals surface area (Å²) in [7, 11) is -3.87. The lowest BCUT2D eigenvalue weighted by Crippen LogP contribution is -2.58. The largest absolute Gasteiger partial charge is 0.351 e. The van der Waals surface area contributed by atoms with Crippen LogP contribution in [0.3, 0.4) is 0 Å². The number of aromatic nitrogens is 1. The summed E-state index contributed by atoms with van der Waals surface area (Å²) in [6, 6.07) is 6.94. The molecule has 9 heteroatoms. The van der Waals surface area contributed by atoms with Crippen molar-refractivity contribution in [3.8, 4) is 0 Å². The molecule has 0 spiro atoms. The zero-order chi connectivity index (χ0) is 23.1. The van der Waals surface area contributed by atoms with Crippen LogP contribution in [0.1, 0.15) is 53.1 Å². The molecule has 0 radical (unpaired) electrons. The third-order valence-corrected chi connectivity index (χ3v) is 9.27. The van der Waals surface area contributed by atoms with Gasteiger partial charge in [-0.05, 0) is 50.8 Å². The second-order valence-electron chi connectivity index (χ2n) is 8.89. The molecule has 2 fully saturated rings. The lowest BCUT2D eigenvalue weighted by atomic mass is 10.0. The highest BCUT2D eigenvalue weighted by atomic mass is 32.2. The highest BCUT2D eigenvalue weighted by Gasteiger charge is 2.55. The van der Waals surface area contributed by atoms with E-state index in [1.54, 1.807) is 41.8 Å². The Balaban J connectivity index is 1.56. The van der Waals surface area contributed by atoms with Gasteiger partial charge in [-0.2, -0.15) is 0 Å². The van der Waals surface area contributed by atoms with Crippen LogP contribution >= 0.6 is 0 Å². The van der Waals surface area contributed by atoms with Gasteiger partial charge in [0.2, 0.25) is 11.7 Å². The molecule has 172 valence electrons. The lowest BCUT2D eigenvalue weighted by Gasteiger charge is -2.39. The fourth-order valence-electron chi connectivity index (χ4n) is 4.77. The average molecular weight is 460 g/mol. The van der Waals surface area contributed by atoms with Gasteiger partial charge in [0, 0.05) is 32.2 Å². The van der Waals surface area contributed by atoms with Crippen LogP contribution in [0.5, 0.6) is 0 Å². The molecule has 1 saturated heterocycles. The molecule has 0 atom stereocenters. The van der Waals surface area contributed by atoms with Gasteiger partial charge in [-0.1, -0.05) is 30.1 Å². The van der Waals surface area contributed by atoms with Crippen LogP contribution in [0.25, 0.3) is 0 Å². The van der Waals surface area contributed by atoms with E-state index in [4.69, 9.17) is 4.52 Å². The Kier molecular flexibility index (Phi) is 5.87. The van der Waals surface area contributed by atoms with Crippen LogP contribution in [0.15, 0.2) is 33.7 Å². The molecular formula is C23H29N3O5S. The number of carbonyl (C=O) groups is 2. The van der Waals surface area contributed by atoms with E-state index in [1.165, 1.54) is 0 Å². The minimum atomic E-state index is -3.87. The van der Waals surface area contributed by atoms with Gasteiger partial charge in [-0.25, -0.2) is 8.42 Å². The molecule has 8 nitrogen and oxygen atoms in total. The summed E-state index contributed by atoms with van der Waals surface area (Å²) in [4.78, 5) is 29.8. The third kappa shape index (κ3) is 3.72. The SMILES string of the molecule is Cc1ccc(C)c(S(=O)(=O)C2(C(=O)N3CCN(C(=O)c4cc(C)no4)CC3)CCCC2)c1. The number of hydrogen-bond donors (Lipinski definition) is 0. The quantitative estimate of drug-likeness (QED) is 0.697. The summed E-state index contributed by atoms with van der Waals surface area (Å²) in [5.41, 5.74) is 2.14. The average Bonchev–Trinajstić information content (AvgIpc) is 3.45. The van der Waals surface area contributed by atoms with E-state index in [9.17, 15) is 18.0 Å². The van der Waals surface area contributed by atoms with Crippen molar-refractivity contribution in [2.24, 2.45) is 0 Å². The van der Waals surface area contributed by atoms with Crippen molar-refractivity contribution in [1.29, 1.82) is 0 Å². The van der Waals surface area contributed by atoms with Gasteiger partial charge in [0.05, 0.1) is 10.6 Å². The Morgan fingerprint density at radius 2 is 1.59 bits per heavy atom. The van der Waals surface area contributed by atoms with E-state index >= 15 is 0 Å². The maximum absolute atomic E-state index is 13.8. The molecule has 2 aliphatic rings. The van der Waals surface area contributed by atoms with Crippen LogP contribution in [0.4, 0.5) is 0 Å². The molecule has 2 heterocycles. The molecular weight excluding hydrogens is 430 g/mol. The molecule has 2 aromatic rings. The van der Waals surface area contributed by atoms with Crippen LogP contribution in [0, 0.1) is 20.8 Å². The molecule has 1 aromatic carbocycles. The summed E-state index contributed by atoms with van der Waals surface area (Å²) < 4.78 is 31.3. The van der Waals surface area contributed by atoms with Crippen molar-refractivity contribution >= 4 is 21.7 Å². The Bertz CT molecular complexity index is 1140. The van der Waals surface area contributed by atoms with E-state index < -0.39 is 14.6 Å². The van der Waals surface area contributed by atoms with Crippen molar-refractivity contribution in [1.82, 2.24) is 15.0 Å². The number of hydrogen-bond acceptors (Lipinski definition) is 6. The Labute approximate surface area is 188 Å². The van der Waals surface area contributed by atoms with E-state index in [0.717, 1.165) is 5.56 Å². The molecule has 1 aromatic heterocycles. The van der Waals surface area contributed by atoms with E-state index in [2.05, 4.69) is 5.16 Å². The fourth-order valence-corrected chi connectivity index (χ4v) is 7.21. The van der Waals surface area contributed by atoms with Crippen molar-refractivity contribution < 1.29 is 22.5 Å². The van der Waals surface area contributed by atoms with Gasteiger partial charge in [0.1, 0.15) is 0 Å². The van der Waals surface area contributed by atoms with Crippen molar-refractivity contribution in [3.05, 3.63) is 46.8 Å². The third-order valence-electron chi connectivity index (χ3n) is 6.64. The summed E-state index contributed by atoms with van der Waals surface area (Å²) in [5.74, 6) is -0.429. The maximum atomic E-state index is 13.8. The van der Waals surface area contributed by atoms with Crippen LogP contribution in [0.2, 0.25) is 0 Å². The Morgan fingerprint density at radius 3 is 2.19 bits per heavy atom. The smallest absolute Gasteiger partial charge is 0.292 e. The number of aryl methyl sites for hydroxylation is 3. The zero-order valence-electron chi connectivity index (χ0n) is 18.8. The summed E-state index contributed by atoms with van der Waals surface area (Å²) in [5, 5.41) is 3.75. The van der Waals surface area contributed by atoms with Crippen LogP contribution < -0.4 is 0 Å². The predicted octanol–water partition coefficient (Wildman–Crippen LogP) is 2.67. The highest BCUT2D eigenvalue weighted by Crippen LogP contribution is 2.43. The minimum Gasteiger partial charge on any atom is -0.351 e. The number of sulfone groups is 1. The molecule has 4 rings (SSSR count). The van der Waals surface area contributed by atoms with Gasteiger partial charge >= 0.3 is 0 Å². The first-order chi connectivity index (χ1) is 15.2. The first kappa shape index (κ1) is 22.5. The lowest BCUT2D eigenvalue weighted by molar-refractivity contribution is -0.135. The Morgan fingerprint density at radius 1 is 0.969 bits per heavy atom. The van der Waals surface area contributed by atoms with E-state index in [0.29, 0.717) is 63.1 Å². The normalized spacial score (nSPS) is 18.7. The maximum Gasteiger partial charge on any atom is 0.292 e. The molecule has 1 aliphatic heterocycles. The molecule has 0 bridgehead atoms. The summed E-state index contributed by atoms with van der Waals surface area (Å²) in [6.07, 6.45) is 2.08. The summed E-state index contributed by atoms with van der Waals surface area (Å²) >= 11 is 0. The number of nitrogens with zero attached hydrogens (tertiary/aromatic N) is 3. The molecule has 0 unspecified atom stereocenters. The van der Waals surface area contributed by atoms with Gasteiger partial charge in [-0.15, -0.1) is 0 Å². The highest BCUT2D eigenvalue weighted by molar-refractivity contribution is 7.93. The van der Waals surface area contributed by atoms with Gasteiger partial charge in [0.15, 0.2) is 14.6 Å². The second kappa shape index (κ2) is 8.35.